The summed E-state index contributed by atoms with van der Waals surface area (Å²) in [6, 6.07) is 4.70. The molecule has 0 radical (unpaired) electrons. The fourth-order valence-electron chi connectivity index (χ4n) is 4.77. The largest absolute Gasteiger partial charge is 0.382 e. The van der Waals surface area contributed by atoms with Gasteiger partial charge in [0, 0.05) is 35.6 Å². The van der Waals surface area contributed by atoms with Crippen LogP contribution in [0.3, 0.4) is 0 Å². The number of anilines is 1. The number of nitrogens with zero attached hydrogens (tertiary/aromatic N) is 2. The first kappa shape index (κ1) is 22.4. The molecule has 1 aliphatic heterocycles. The van der Waals surface area contributed by atoms with Crippen molar-refractivity contribution in [2.45, 2.75) is 50.2 Å². The Labute approximate surface area is 196 Å². The maximum Gasteiger partial charge on any atom is 0.255 e. The Kier molecular flexibility index (Phi) is 6.25. The fourth-order valence-corrected chi connectivity index (χ4v) is 4.77. The second kappa shape index (κ2) is 9.47. The second-order valence-corrected chi connectivity index (χ2v) is 9.13. The number of amides is 1. The first-order valence-electron chi connectivity index (χ1n) is 11.7. The van der Waals surface area contributed by atoms with Crippen LogP contribution in [0.5, 0.6) is 0 Å². The summed E-state index contributed by atoms with van der Waals surface area (Å²) in [7, 11) is 0. The predicted molar refractivity (Wildman–Crippen MR) is 129 cm³/mol. The van der Waals surface area contributed by atoms with E-state index in [9.17, 15) is 9.18 Å². The quantitative estimate of drug-likeness (QED) is 0.309. The number of halogens is 1. The van der Waals surface area contributed by atoms with Crippen molar-refractivity contribution in [2.75, 3.05) is 18.4 Å². The van der Waals surface area contributed by atoms with Crippen molar-refractivity contribution in [1.82, 2.24) is 25.6 Å². The Bertz CT molecular complexity index is 1220. The van der Waals surface area contributed by atoms with Crippen LogP contribution in [0.15, 0.2) is 30.6 Å². The van der Waals surface area contributed by atoms with Crippen LogP contribution >= 0.6 is 0 Å². The molecular formula is C24H29FN8O. The van der Waals surface area contributed by atoms with Gasteiger partial charge < -0.3 is 26.7 Å². The molecule has 2 aromatic heterocycles. The molecule has 1 aliphatic carbocycles. The normalized spacial score (nSPS) is 21.0. The molecule has 0 spiro atoms. The van der Waals surface area contributed by atoms with Crippen molar-refractivity contribution < 1.29 is 9.18 Å². The molecule has 7 N–H and O–H groups in total. The summed E-state index contributed by atoms with van der Waals surface area (Å²) < 4.78 is 14.1. The Morgan fingerprint density at radius 3 is 2.74 bits per heavy atom. The highest BCUT2D eigenvalue weighted by atomic mass is 19.1. The number of piperidine rings is 1. The van der Waals surface area contributed by atoms with Crippen LogP contribution in [-0.4, -0.2) is 57.8 Å². The average molecular weight is 465 g/mol. The van der Waals surface area contributed by atoms with Crippen molar-refractivity contribution in [3.63, 3.8) is 0 Å². The van der Waals surface area contributed by atoms with E-state index in [1.54, 1.807) is 12.3 Å². The lowest BCUT2D eigenvalue weighted by Gasteiger charge is -2.26. The molecule has 2 fully saturated rings. The Hall–Kier alpha value is -3.37. The van der Waals surface area contributed by atoms with Crippen molar-refractivity contribution in [2.24, 2.45) is 5.73 Å². The summed E-state index contributed by atoms with van der Waals surface area (Å²) in [5, 5.41) is 18.5. The van der Waals surface area contributed by atoms with Crippen LogP contribution in [0.1, 0.15) is 53.7 Å². The number of H-pyrrole nitrogens is 1. The highest BCUT2D eigenvalue weighted by Gasteiger charge is 2.25. The minimum atomic E-state index is -0.370. The van der Waals surface area contributed by atoms with Gasteiger partial charge in [-0.1, -0.05) is 0 Å². The summed E-state index contributed by atoms with van der Waals surface area (Å²) in [5.41, 5.74) is 8.73. The number of carbonyl (C=O) groups is 1. The number of nitrogens with two attached hydrogens (primary N) is 1. The van der Waals surface area contributed by atoms with Crippen molar-refractivity contribution in [3.8, 4) is 0 Å². The molecule has 2 aliphatic rings. The van der Waals surface area contributed by atoms with Gasteiger partial charge in [0.2, 0.25) is 0 Å². The molecule has 34 heavy (non-hydrogen) atoms. The van der Waals surface area contributed by atoms with Gasteiger partial charge in [0.1, 0.15) is 17.0 Å². The van der Waals surface area contributed by atoms with Gasteiger partial charge in [-0.2, -0.15) is 0 Å². The van der Waals surface area contributed by atoms with E-state index in [1.165, 1.54) is 18.3 Å². The molecule has 1 amide bonds. The number of rotatable bonds is 6. The SMILES string of the molecule is N=C(c1cnc2[nH]cc(C(=O)NC3CCC(N)C3)c2n1)c1ccc(F)cc1NC1CCNCC1. The average Bonchev–Trinajstić information content (AvgIpc) is 3.44. The van der Waals surface area contributed by atoms with E-state index >= 15 is 0 Å². The van der Waals surface area contributed by atoms with E-state index in [2.05, 4.69) is 30.9 Å². The third-order valence-corrected chi connectivity index (χ3v) is 6.64. The zero-order valence-electron chi connectivity index (χ0n) is 18.8. The number of carbonyl (C=O) groups excluding carboxylic acids is 1. The number of nitrogens with one attached hydrogen (secondary N) is 5. The first-order chi connectivity index (χ1) is 16.5. The molecular weight excluding hydrogens is 435 g/mol. The summed E-state index contributed by atoms with van der Waals surface area (Å²) >= 11 is 0. The highest BCUT2D eigenvalue weighted by Crippen LogP contribution is 2.24. The zero-order valence-corrected chi connectivity index (χ0v) is 18.8. The van der Waals surface area contributed by atoms with Crippen LogP contribution in [0.2, 0.25) is 0 Å². The van der Waals surface area contributed by atoms with Gasteiger partial charge in [-0.15, -0.1) is 0 Å². The fraction of sp³-hybridized carbons (Fsp3) is 0.417. The number of hydrogen-bond acceptors (Lipinski definition) is 7. The maximum atomic E-state index is 14.1. The molecule has 2 atom stereocenters. The molecule has 1 saturated heterocycles. The van der Waals surface area contributed by atoms with Crippen molar-refractivity contribution in [3.05, 3.63) is 53.2 Å². The van der Waals surface area contributed by atoms with Gasteiger partial charge in [0.25, 0.3) is 5.91 Å². The molecule has 10 heteroatoms. The highest BCUT2D eigenvalue weighted by molar-refractivity contribution is 6.14. The van der Waals surface area contributed by atoms with Crippen molar-refractivity contribution in [1.29, 1.82) is 5.41 Å². The van der Waals surface area contributed by atoms with Gasteiger partial charge in [-0.05, 0) is 63.4 Å². The summed E-state index contributed by atoms with van der Waals surface area (Å²) in [6.45, 7) is 1.79. The van der Waals surface area contributed by atoms with Crippen LogP contribution < -0.4 is 21.7 Å². The summed E-state index contributed by atoms with van der Waals surface area (Å²) in [5.74, 6) is -0.607. The van der Waals surface area contributed by atoms with E-state index in [-0.39, 0.29) is 35.6 Å². The van der Waals surface area contributed by atoms with Gasteiger partial charge >= 0.3 is 0 Å². The van der Waals surface area contributed by atoms with E-state index in [1.807, 2.05) is 0 Å². The lowest BCUT2D eigenvalue weighted by atomic mass is 10.0. The Morgan fingerprint density at radius 1 is 1.15 bits per heavy atom. The van der Waals surface area contributed by atoms with E-state index in [0.29, 0.717) is 33.7 Å². The number of fused-ring (bicyclic) bond motifs is 1. The Morgan fingerprint density at radius 2 is 1.97 bits per heavy atom. The number of aromatic nitrogens is 3. The van der Waals surface area contributed by atoms with Crippen LogP contribution in [0.25, 0.3) is 11.2 Å². The molecule has 3 heterocycles. The second-order valence-electron chi connectivity index (χ2n) is 9.13. The van der Waals surface area contributed by atoms with Gasteiger partial charge in [-0.3, -0.25) is 10.2 Å². The molecule has 1 aromatic carbocycles. The first-order valence-corrected chi connectivity index (χ1v) is 11.7. The topological polar surface area (TPSA) is 145 Å². The number of aromatic amines is 1. The smallest absolute Gasteiger partial charge is 0.255 e. The summed E-state index contributed by atoms with van der Waals surface area (Å²) in [6.07, 6.45) is 7.43. The monoisotopic (exact) mass is 464 g/mol. The van der Waals surface area contributed by atoms with Gasteiger partial charge in [0.15, 0.2) is 5.65 Å². The Balaban J connectivity index is 1.41. The van der Waals surface area contributed by atoms with E-state index < -0.39 is 0 Å². The zero-order chi connectivity index (χ0) is 23.7. The lowest BCUT2D eigenvalue weighted by molar-refractivity contribution is 0.0939. The lowest BCUT2D eigenvalue weighted by Crippen LogP contribution is -2.35. The van der Waals surface area contributed by atoms with Gasteiger partial charge in [0.05, 0.1) is 17.5 Å². The molecule has 9 nitrogen and oxygen atoms in total. The molecule has 5 rings (SSSR count). The standard InChI is InChI=1S/C24H29FN8O/c25-13-1-4-17(19(9-13)31-15-5-7-28-8-6-15)21(27)20-12-30-23-22(33-20)18(11-29-23)24(34)32-16-3-2-14(26)10-16/h1,4,9,11-12,14-16,27-28,31H,2-3,5-8,10,26H2,(H,29,30)(H,32,34). The third kappa shape index (κ3) is 4.64. The minimum absolute atomic E-state index is 0.0460. The molecule has 178 valence electrons. The predicted octanol–water partition coefficient (Wildman–Crippen LogP) is 2.29. The molecule has 3 aromatic rings. The molecule has 1 saturated carbocycles. The van der Waals surface area contributed by atoms with Crippen LogP contribution in [0, 0.1) is 11.2 Å². The minimum Gasteiger partial charge on any atom is -0.382 e. The third-order valence-electron chi connectivity index (χ3n) is 6.64. The van der Waals surface area contributed by atoms with Gasteiger partial charge in [-0.25, -0.2) is 14.4 Å². The van der Waals surface area contributed by atoms with Crippen molar-refractivity contribution >= 4 is 28.5 Å². The molecule has 2 unspecified atom stereocenters. The van der Waals surface area contributed by atoms with Crippen LogP contribution in [-0.2, 0) is 0 Å². The summed E-state index contributed by atoms with van der Waals surface area (Å²) in [4.78, 5) is 24.9. The number of benzene rings is 1. The molecule has 0 bridgehead atoms. The van der Waals surface area contributed by atoms with E-state index in [0.717, 1.165) is 45.2 Å². The number of hydrogen-bond donors (Lipinski definition) is 6. The van der Waals surface area contributed by atoms with Crippen LogP contribution in [0.4, 0.5) is 10.1 Å². The van der Waals surface area contributed by atoms with E-state index in [4.69, 9.17) is 11.1 Å². The maximum absolute atomic E-state index is 14.1.